The third-order valence-corrected chi connectivity index (χ3v) is 4.59. The van der Waals surface area contributed by atoms with E-state index in [-0.39, 0.29) is 5.41 Å². The third kappa shape index (κ3) is 2.77. The number of hydrogen-bond acceptors (Lipinski definition) is 3. The van der Waals surface area contributed by atoms with Crippen molar-refractivity contribution in [1.29, 1.82) is 0 Å². The van der Waals surface area contributed by atoms with Crippen LogP contribution in [-0.4, -0.2) is 29.0 Å². The predicted octanol–water partition coefficient (Wildman–Crippen LogP) is 3.81. The van der Waals surface area contributed by atoms with Gasteiger partial charge in [0, 0.05) is 29.1 Å². The fraction of sp³-hybridized carbons (Fsp3) is 0.588. The Kier molecular flexibility index (Phi) is 3.66. The van der Waals surface area contributed by atoms with E-state index in [1.54, 1.807) is 0 Å². The molecule has 0 radical (unpaired) electrons. The van der Waals surface area contributed by atoms with E-state index >= 15 is 0 Å². The highest BCUT2D eigenvalue weighted by Gasteiger charge is 2.49. The molecule has 1 aliphatic rings. The van der Waals surface area contributed by atoms with Crippen molar-refractivity contribution in [3.63, 3.8) is 0 Å². The molecule has 0 amide bonds. The lowest BCUT2D eigenvalue weighted by Crippen LogP contribution is -2.58. The second-order valence-corrected chi connectivity index (χ2v) is 7.14. The van der Waals surface area contributed by atoms with Gasteiger partial charge in [-0.3, -0.25) is 5.10 Å². The van der Waals surface area contributed by atoms with Gasteiger partial charge in [0.1, 0.15) is 0 Å². The van der Waals surface area contributed by atoms with Crippen LogP contribution < -0.4 is 5.32 Å². The quantitative estimate of drug-likeness (QED) is 0.879. The number of anilines is 1. The van der Waals surface area contributed by atoms with E-state index < -0.39 is 0 Å². The maximum absolute atomic E-state index is 6.03. The fourth-order valence-electron chi connectivity index (χ4n) is 2.96. The molecular formula is C17H25N3O. The minimum atomic E-state index is 0.167. The van der Waals surface area contributed by atoms with Crippen LogP contribution in [0.25, 0.3) is 10.9 Å². The van der Waals surface area contributed by atoms with Crippen LogP contribution in [-0.2, 0) is 4.74 Å². The lowest BCUT2D eigenvalue weighted by Gasteiger charge is -2.52. The van der Waals surface area contributed by atoms with E-state index in [1.807, 2.05) is 6.20 Å². The molecule has 1 aliphatic carbocycles. The molecule has 1 fully saturated rings. The van der Waals surface area contributed by atoms with Crippen LogP contribution in [0.1, 0.15) is 34.1 Å². The second kappa shape index (κ2) is 5.34. The van der Waals surface area contributed by atoms with E-state index in [2.05, 4.69) is 61.4 Å². The molecule has 0 bridgehead atoms. The normalized spacial score (nSPS) is 24.2. The largest absolute Gasteiger partial charge is 0.382 e. The van der Waals surface area contributed by atoms with Gasteiger partial charge in [0.2, 0.25) is 0 Å². The predicted molar refractivity (Wildman–Crippen MR) is 86.5 cm³/mol. The standard InChI is InChI=1S/C17H25N3O/c1-11(2)10-21-16-8-15(17(16,3)4)19-13-5-6-14-12(7-13)9-18-20-14/h5-7,9,11,15-16,19H,8,10H2,1-4H3,(H,18,20). The zero-order chi connectivity index (χ0) is 15.0. The number of fused-ring (bicyclic) bond motifs is 1. The van der Waals surface area contributed by atoms with Crippen LogP contribution >= 0.6 is 0 Å². The summed E-state index contributed by atoms with van der Waals surface area (Å²) in [4.78, 5) is 0. The number of rotatable bonds is 5. The molecule has 0 aliphatic heterocycles. The molecule has 114 valence electrons. The Morgan fingerprint density at radius 1 is 1.43 bits per heavy atom. The first-order valence-electron chi connectivity index (χ1n) is 7.78. The van der Waals surface area contributed by atoms with E-state index in [4.69, 9.17) is 4.74 Å². The van der Waals surface area contributed by atoms with Crippen LogP contribution in [0.15, 0.2) is 24.4 Å². The summed E-state index contributed by atoms with van der Waals surface area (Å²) >= 11 is 0. The first-order valence-corrected chi connectivity index (χ1v) is 7.78. The van der Waals surface area contributed by atoms with Gasteiger partial charge in [0.05, 0.1) is 17.8 Å². The highest BCUT2D eigenvalue weighted by atomic mass is 16.5. The minimum absolute atomic E-state index is 0.167. The van der Waals surface area contributed by atoms with Gasteiger partial charge in [0.25, 0.3) is 0 Å². The van der Waals surface area contributed by atoms with Crippen LogP contribution in [0.5, 0.6) is 0 Å². The fourth-order valence-corrected chi connectivity index (χ4v) is 2.96. The van der Waals surface area contributed by atoms with Gasteiger partial charge in [0.15, 0.2) is 0 Å². The maximum Gasteiger partial charge on any atom is 0.0665 e. The van der Waals surface area contributed by atoms with E-state index in [0.29, 0.717) is 18.1 Å². The summed E-state index contributed by atoms with van der Waals surface area (Å²) in [5.41, 5.74) is 2.40. The average Bonchev–Trinajstić information content (AvgIpc) is 2.89. The van der Waals surface area contributed by atoms with Crippen molar-refractivity contribution in [1.82, 2.24) is 10.2 Å². The lowest BCUT2D eigenvalue weighted by molar-refractivity contribution is -0.108. The van der Waals surface area contributed by atoms with Gasteiger partial charge in [-0.05, 0) is 30.5 Å². The molecule has 1 aromatic heterocycles. The van der Waals surface area contributed by atoms with Crippen LogP contribution in [0.3, 0.4) is 0 Å². The SMILES string of the molecule is CC(C)COC1CC(Nc2ccc3[nH]ncc3c2)C1(C)C. The Bertz CT molecular complexity index is 617. The van der Waals surface area contributed by atoms with Gasteiger partial charge < -0.3 is 10.1 Å². The topological polar surface area (TPSA) is 49.9 Å². The van der Waals surface area contributed by atoms with Crippen LogP contribution in [0, 0.1) is 11.3 Å². The van der Waals surface area contributed by atoms with E-state index in [0.717, 1.165) is 29.6 Å². The number of aromatic amines is 1. The number of benzene rings is 1. The van der Waals surface area contributed by atoms with Crippen molar-refractivity contribution >= 4 is 16.6 Å². The number of nitrogens with one attached hydrogen (secondary N) is 2. The van der Waals surface area contributed by atoms with Crippen LogP contribution in [0.2, 0.25) is 0 Å². The molecule has 3 rings (SSSR count). The average molecular weight is 287 g/mol. The van der Waals surface area contributed by atoms with Crippen molar-refractivity contribution in [3.05, 3.63) is 24.4 Å². The monoisotopic (exact) mass is 287 g/mol. The number of ether oxygens (including phenoxy) is 1. The van der Waals surface area contributed by atoms with Gasteiger partial charge in [-0.2, -0.15) is 5.10 Å². The summed E-state index contributed by atoms with van der Waals surface area (Å²) in [5.74, 6) is 0.594. The Balaban J connectivity index is 1.63. The zero-order valence-corrected chi connectivity index (χ0v) is 13.3. The summed E-state index contributed by atoms with van der Waals surface area (Å²) in [6, 6.07) is 6.79. The van der Waals surface area contributed by atoms with Crippen molar-refractivity contribution in [2.45, 2.75) is 46.3 Å². The second-order valence-electron chi connectivity index (χ2n) is 7.14. The minimum Gasteiger partial charge on any atom is -0.382 e. The van der Waals surface area contributed by atoms with Gasteiger partial charge >= 0.3 is 0 Å². The molecule has 1 aromatic carbocycles. The van der Waals surface area contributed by atoms with Gasteiger partial charge in [-0.25, -0.2) is 0 Å². The molecule has 0 spiro atoms. The van der Waals surface area contributed by atoms with Crippen molar-refractivity contribution in [3.8, 4) is 0 Å². The van der Waals surface area contributed by atoms with Gasteiger partial charge in [-0.15, -0.1) is 0 Å². The number of aromatic nitrogens is 2. The van der Waals surface area contributed by atoms with E-state index in [1.165, 1.54) is 0 Å². The number of nitrogens with zero attached hydrogens (tertiary/aromatic N) is 1. The summed E-state index contributed by atoms with van der Waals surface area (Å²) in [5, 5.41) is 11.8. The first kappa shape index (κ1) is 14.4. The summed E-state index contributed by atoms with van der Waals surface area (Å²) in [7, 11) is 0. The molecule has 4 nitrogen and oxygen atoms in total. The smallest absolute Gasteiger partial charge is 0.0665 e. The highest BCUT2D eigenvalue weighted by Crippen LogP contribution is 2.44. The molecular weight excluding hydrogens is 262 g/mol. The molecule has 2 atom stereocenters. The molecule has 2 unspecified atom stereocenters. The number of hydrogen-bond donors (Lipinski definition) is 2. The third-order valence-electron chi connectivity index (χ3n) is 4.59. The Labute approximate surface area is 126 Å². The molecule has 4 heteroatoms. The molecule has 0 saturated heterocycles. The Morgan fingerprint density at radius 2 is 2.24 bits per heavy atom. The first-order chi connectivity index (χ1) is 9.96. The Hall–Kier alpha value is -1.55. The molecule has 21 heavy (non-hydrogen) atoms. The molecule has 2 aromatic rings. The van der Waals surface area contributed by atoms with Crippen molar-refractivity contribution < 1.29 is 4.74 Å². The summed E-state index contributed by atoms with van der Waals surface area (Å²) in [6.45, 7) is 9.82. The summed E-state index contributed by atoms with van der Waals surface area (Å²) in [6.07, 6.45) is 3.29. The molecule has 1 heterocycles. The number of H-pyrrole nitrogens is 1. The van der Waals surface area contributed by atoms with Gasteiger partial charge in [-0.1, -0.05) is 27.7 Å². The van der Waals surface area contributed by atoms with Crippen molar-refractivity contribution in [2.24, 2.45) is 11.3 Å². The van der Waals surface area contributed by atoms with Crippen LogP contribution in [0.4, 0.5) is 5.69 Å². The lowest BCUT2D eigenvalue weighted by atomic mass is 9.64. The molecule has 2 N–H and O–H groups in total. The summed E-state index contributed by atoms with van der Waals surface area (Å²) < 4.78 is 6.03. The van der Waals surface area contributed by atoms with E-state index in [9.17, 15) is 0 Å². The maximum atomic E-state index is 6.03. The highest BCUT2D eigenvalue weighted by molar-refractivity contribution is 5.81. The zero-order valence-electron chi connectivity index (χ0n) is 13.3. The van der Waals surface area contributed by atoms with Crippen molar-refractivity contribution in [2.75, 3.05) is 11.9 Å². The molecule has 1 saturated carbocycles. The Morgan fingerprint density at radius 3 is 2.95 bits per heavy atom.